The molecule has 0 heterocycles. The van der Waals surface area contributed by atoms with Gasteiger partial charge in [-0.2, -0.15) is 0 Å². The van der Waals surface area contributed by atoms with Crippen molar-refractivity contribution in [3.8, 4) is 0 Å². The predicted octanol–water partition coefficient (Wildman–Crippen LogP) is 6.76. The lowest BCUT2D eigenvalue weighted by Gasteiger charge is -2.42. The predicted molar refractivity (Wildman–Crippen MR) is 121 cm³/mol. The van der Waals surface area contributed by atoms with Gasteiger partial charge in [-0.25, -0.2) is 4.79 Å². The first-order chi connectivity index (χ1) is 13.7. The Bertz CT molecular complexity index is 918. The molecule has 2 aromatic rings. The molecule has 0 aromatic heterocycles. The van der Waals surface area contributed by atoms with Crippen LogP contribution in [0.5, 0.6) is 0 Å². The summed E-state index contributed by atoms with van der Waals surface area (Å²) < 4.78 is 5.03. The lowest BCUT2D eigenvalue weighted by atomic mass is 9.62. The fourth-order valence-corrected chi connectivity index (χ4v) is 4.46. The number of carbonyl (C=O) groups is 1. The standard InChI is InChI=1S/C27H34O2/c1-7-29-25(28)15-13-20-10-8-9-11-22(20)19(2)21-12-14-23-24(18-21)27(5,6)17-16-26(23,3)4/h8-15,18-19H,7,16-17H2,1-6H3. The summed E-state index contributed by atoms with van der Waals surface area (Å²) in [5.74, 6) is -0.0584. The molecule has 0 radical (unpaired) electrons. The number of carbonyl (C=O) groups excluding carboxylic acids is 1. The first-order valence-electron chi connectivity index (χ1n) is 10.7. The van der Waals surface area contributed by atoms with Gasteiger partial charge >= 0.3 is 5.97 Å². The molecule has 0 spiro atoms. The van der Waals surface area contributed by atoms with Crippen molar-refractivity contribution in [3.05, 3.63) is 76.4 Å². The van der Waals surface area contributed by atoms with Gasteiger partial charge in [-0.3, -0.25) is 0 Å². The Morgan fingerprint density at radius 2 is 1.69 bits per heavy atom. The van der Waals surface area contributed by atoms with Gasteiger partial charge in [0, 0.05) is 12.0 Å². The summed E-state index contributed by atoms with van der Waals surface area (Å²) in [5.41, 5.74) is 7.01. The van der Waals surface area contributed by atoms with Crippen molar-refractivity contribution in [3.63, 3.8) is 0 Å². The summed E-state index contributed by atoms with van der Waals surface area (Å²) in [7, 11) is 0. The second kappa shape index (κ2) is 8.18. The summed E-state index contributed by atoms with van der Waals surface area (Å²) in [6.45, 7) is 13.9. The van der Waals surface area contributed by atoms with Crippen LogP contribution in [-0.4, -0.2) is 12.6 Å². The van der Waals surface area contributed by atoms with Crippen molar-refractivity contribution in [2.24, 2.45) is 0 Å². The topological polar surface area (TPSA) is 26.3 Å². The minimum Gasteiger partial charge on any atom is -0.463 e. The van der Waals surface area contributed by atoms with Gasteiger partial charge in [0.25, 0.3) is 0 Å². The number of fused-ring (bicyclic) bond motifs is 1. The molecule has 1 aliphatic rings. The zero-order chi connectivity index (χ0) is 21.2. The number of hydrogen-bond acceptors (Lipinski definition) is 2. The Morgan fingerprint density at radius 3 is 2.38 bits per heavy atom. The molecule has 1 unspecified atom stereocenters. The third-order valence-corrected chi connectivity index (χ3v) is 6.52. The molecular formula is C27H34O2. The molecule has 1 atom stereocenters. The van der Waals surface area contributed by atoms with E-state index >= 15 is 0 Å². The number of esters is 1. The first-order valence-corrected chi connectivity index (χ1v) is 10.7. The highest BCUT2D eigenvalue weighted by Gasteiger charge is 2.37. The Labute approximate surface area is 176 Å². The van der Waals surface area contributed by atoms with E-state index in [1.165, 1.54) is 41.2 Å². The van der Waals surface area contributed by atoms with Crippen LogP contribution in [0.2, 0.25) is 0 Å². The highest BCUT2D eigenvalue weighted by Crippen LogP contribution is 2.46. The molecule has 0 amide bonds. The Kier molecular flexibility index (Phi) is 6.03. The van der Waals surface area contributed by atoms with E-state index in [1.807, 2.05) is 19.1 Å². The van der Waals surface area contributed by atoms with E-state index < -0.39 is 0 Å². The van der Waals surface area contributed by atoms with Crippen molar-refractivity contribution in [1.29, 1.82) is 0 Å². The molecule has 2 aromatic carbocycles. The van der Waals surface area contributed by atoms with E-state index in [1.54, 1.807) is 0 Å². The maximum Gasteiger partial charge on any atom is 0.330 e. The molecule has 3 rings (SSSR count). The van der Waals surface area contributed by atoms with Crippen molar-refractivity contribution in [2.75, 3.05) is 6.61 Å². The Morgan fingerprint density at radius 1 is 1.03 bits per heavy atom. The van der Waals surface area contributed by atoms with Gasteiger partial charge in [-0.1, -0.05) is 77.1 Å². The molecule has 154 valence electrons. The molecule has 0 saturated heterocycles. The van der Waals surface area contributed by atoms with Gasteiger partial charge in [-0.05, 0) is 64.5 Å². The van der Waals surface area contributed by atoms with Gasteiger partial charge < -0.3 is 4.74 Å². The number of hydrogen-bond donors (Lipinski definition) is 0. The first kappa shape index (κ1) is 21.4. The fraction of sp³-hybridized carbons (Fsp3) is 0.444. The average Bonchev–Trinajstić information content (AvgIpc) is 2.69. The van der Waals surface area contributed by atoms with E-state index in [2.05, 4.69) is 71.0 Å². The molecule has 0 saturated carbocycles. The van der Waals surface area contributed by atoms with Gasteiger partial charge in [0.05, 0.1) is 6.61 Å². The number of rotatable bonds is 5. The molecular weight excluding hydrogens is 356 g/mol. The smallest absolute Gasteiger partial charge is 0.330 e. The van der Waals surface area contributed by atoms with Crippen molar-refractivity contribution < 1.29 is 9.53 Å². The molecule has 0 fully saturated rings. The average molecular weight is 391 g/mol. The van der Waals surface area contributed by atoms with E-state index in [-0.39, 0.29) is 22.7 Å². The molecule has 0 aliphatic heterocycles. The molecule has 1 aliphatic carbocycles. The zero-order valence-electron chi connectivity index (χ0n) is 18.7. The van der Waals surface area contributed by atoms with Crippen LogP contribution in [0.15, 0.2) is 48.5 Å². The molecule has 2 nitrogen and oxygen atoms in total. The van der Waals surface area contributed by atoms with E-state index in [0.717, 1.165) is 5.56 Å². The van der Waals surface area contributed by atoms with Crippen LogP contribution in [-0.2, 0) is 20.4 Å². The van der Waals surface area contributed by atoms with Crippen LogP contribution in [0, 0.1) is 0 Å². The summed E-state index contributed by atoms with van der Waals surface area (Å²) in [5, 5.41) is 0. The van der Waals surface area contributed by atoms with Crippen LogP contribution in [0.25, 0.3) is 6.08 Å². The summed E-state index contributed by atoms with van der Waals surface area (Å²) >= 11 is 0. The van der Waals surface area contributed by atoms with E-state index in [9.17, 15) is 4.79 Å². The molecule has 2 heteroatoms. The van der Waals surface area contributed by atoms with Gasteiger partial charge in [0.15, 0.2) is 0 Å². The van der Waals surface area contributed by atoms with Gasteiger partial charge in [0.1, 0.15) is 0 Å². The SMILES string of the molecule is CCOC(=O)C=Cc1ccccc1C(C)c1ccc2c(c1)C(C)(C)CCC2(C)C. The Balaban J connectivity index is 1.98. The maximum absolute atomic E-state index is 11.8. The van der Waals surface area contributed by atoms with Crippen LogP contribution in [0.1, 0.15) is 88.1 Å². The van der Waals surface area contributed by atoms with Crippen LogP contribution in [0.3, 0.4) is 0 Å². The quantitative estimate of drug-likeness (QED) is 0.416. The van der Waals surface area contributed by atoms with Crippen LogP contribution < -0.4 is 0 Å². The molecule has 29 heavy (non-hydrogen) atoms. The second-order valence-electron chi connectivity index (χ2n) is 9.51. The molecule has 0 N–H and O–H groups in total. The molecule has 0 bridgehead atoms. The van der Waals surface area contributed by atoms with E-state index in [4.69, 9.17) is 4.74 Å². The van der Waals surface area contributed by atoms with E-state index in [0.29, 0.717) is 6.61 Å². The lowest BCUT2D eigenvalue weighted by molar-refractivity contribution is -0.137. The highest BCUT2D eigenvalue weighted by atomic mass is 16.5. The monoisotopic (exact) mass is 390 g/mol. The summed E-state index contributed by atoms with van der Waals surface area (Å²) in [4.78, 5) is 11.8. The minimum absolute atomic E-state index is 0.198. The van der Waals surface area contributed by atoms with Gasteiger partial charge in [-0.15, -0.1) is 0 Å². The van der Waals surface area contributed by atoms with Crippen LogP contribution >= 0.6 is 0 Å². The van der Waals surface area contributed by atoms with Crippen LogP contribution in [0.4, 0.5) is 0 Å². The minimum atomic E-state index is -0.298. The van der Waals surface area contributed by atoms with Crippen molar-refractivity contribution >= 4 is 12.0 Å². The number of ether oxygens (including phenoxy) is 1. The fourth-order valence-electron chi connectivity index (χ4n) is 4.46. The number of benzene rings is 2. The summed E-state index contributed by atoms with van der Waals surface area (Å²) in [6, 6.07) is 15.4. The van der Waals surface area contributed by atoms with Crippen molar-refractivity contribution in [1.82, 2.24) is 0 Å². The third kappa shape index (κ3) is 4.47. The normalized spacial score (nSPS) is 18.3. The third-order valence-electron chi connectivity index (χ3n) is 6.52. The highest BCUT2D eigenvalue weighted by molar-refractivity contribution is 5.87. The maximum atomic E-state index is 11.8. The van der Waals surface area contributed by atoms with Crippen molar-refractivity contribution in [2.45, 2.75) is 71.1 Å². The lowest BCUT2D eigenvalue weighted by Crippen LogP contribution is -2.34. The van der Waals surface area contributed by atoms with Gasteiger partial charge in [0.2, 0.25) is 0 Å². The Hall–Kier alpha value is -2.35. The zero-order valence-corrected chi connectivity index (χ0v) is 18.7. The largest absolute Gasteiger partial charge is 0.463 e. The second-order valence-corrected chi connectivity index (χ2v) is 9.51. The summed E-state index contributed by atoms with van der Waals surface area (Å²) in [6.07, 6.45) is 5.83.